The molecular weight excluding hydrogens is 887 g/mol. The lowest BCUT2D eigenvalue weighted by Crippen LogP contribution is -2.70. The predicted octanol–water partition coefficient (Wildman–Crippen LogP) is 7.66. The normalized spacial score (nSPS) is 21.6. The summed E-state index contributed by atoms with van der Waals surface area (Å²) in [6.45, 7) is 0.860. The number of rotatable bonds is 16. The maximum atomic E-state index is 15.2. The molecule has 4 fully saturated rings. The van der Waals surface area contributed by atoms with Crippen LogP contribution in [0, 0.1) is 11.8 Å². The van der Waals surface area contributed by atoms with E-state index in [0.717, 1.165) is 50.2 Å². The molecule has 1 aliphatic heterocycles. The van der Waals surface area contributed by atoms with Gasteiger partial charge in [0.2, 0.25) is 0 Å². The van der Waals surface area contributed by atoms with E-state index in [-0.39, 0.29) is 35.9 Å². The monoisotopic (exact) mass is 940 g/mol. The number of hydrogen-bond acceptors (Lipinski definition) is 7. The van der Waals surface area contributed by atoms with Crippen molar-refractivity contribution < 1.29 is 33.3 Å². The van der Waals surface area contributed by atoms with E-state index in [2.05, 4.69) is 120 Å². The molecule has 7 aromatic rings. The molecule has 1 unspecified atom stereocenters. The van der Waals surface area contributed by atoms with Gasteiger partial charge in [0.15, 0.2) is 6.29 Å². The van der Waals surface area contributed by atoms with Crippen LogP contribution in [-0.2, 0) is 14.2 Å². The Morgan fingerprint density at radius 1 is 0.529 bits per heavy atom. The van der Waals surface area contributed by atoms with E-state index < -0.39 is 34.2 Å². The molecule has 3 saturated carbocycles. The SMILES string of the molecule is COCCOc1ccc(C2O[C@@H]3[C@@H]4CC[C@@H]([C@@H](NC(=O)c5ccccc5P(c5ccccc5)c5ccccc5)[C@@H]4NC(=O)c4ccccc4P(c4ccccc4)c4ccccc4)[C@@H]3O2)c(OC)c1. The second-order valence-corrected chi connectivity index (χ2v) is 21.6. The molecule has 2 N–H and O–H groups in total. The summed E-state index contributed by atoms with van der Waals surface area (Å²) in [5.41, 5.74) is 1.96. The molecule has 0 radical (unpaired) electrons. The summed E-state index contributed by atoms with van der Waals surface area (Å²) in [6, 6.07) is 62.2. The highest BCUT2D eigenvalue weighted by Crippen LogP contribution is 2.52. The molecule has 11 heteroatoms. The summed E-state index contributed by atoms with van der Waals surface area (Å²) in [5.74, 6) is 0.504. The molecule has 9 nitrogen and oxygen atoms in total. The van der Waals surface area contributed by atoms with Crippen LogP contribution in [0.15, 0.2) is 188 Å². The van der Waals surface area contributed by atoms with Gasteiger partial charge in [-0.1, -0.05) is 158 Å². The fourth-order valence-corrected chi connectivity index (χ4v) is 15.2. The van der Waals surface area contributed by atoms with E-state index in [1.807, 2.05) is 78.9 Å². The van der Waals surface area contributed by atoms with Crippen molar-refractivity contribution in [3.05, 3.63) is 205 Å². The number of ether oxygens (including phenoxy) is 5. The van der Waals surface area contributed by atoms with Crippen molar-refractivity contribution in [3.8, 4) is 11.5 Å². The first-order valence-corrected chi connectivity index (χ1v) is 25.9. The molecular formula is C57H54N2O7P2. The number of benzene rings is 7. The summed E-state index contributed by atoms with van der Waals surface area (Å²) in [5, 5.41) is 13.6. The highest BCUT2D eigenvalue weighted by molar-refractivity contribution is 7.80. The molecule has 2 bridgehead atoms. The Labute approximate surface area is 400 Å². The van der Waals surface area contributed by atoms with E-state index in [1.54, 1.807) is 14.2 Å². The first kappa shape index (κ1) is 45.6. The molecule has 3 aliphatic carbocycles. The highest BCUT2D eigenvalue weighted by Gasteiger charge is 2.60. The average molecular weight is 941 g/mol. The highest BCUT2D eigenvalue weighted by atomic mass is 31.1. The molecule has 4 aliphatic rings. The van der Waals surface area contributed by atoms with Gasteiger partial charge < -0.3 is 34.3 Å². The minimum Gasteiger partial charge on any atom is -0.496 e. The van der Waals surface area contributed by atoms with Crippen LogP contribution in [0.25, 0.3) is 0 Å². The van der Waals surface area contributed by atoms with Crippen molar-refractivity contribution in [3.63, 3.8) is 0 Å². The Morgan fingerprint density at radius 3 is 1.35 bits per heavy atom. The van der Waals surface area contributed by atoms with Crippen LogP contribution in [0.5, 0.6) is 11.5 Å². The lowest BCUT2D eigenvalue weighted by atomic mass is 9.61. The third kappa shape index (κ3) is 9.34. The third-order valence-corrected chi connectivity index (χ3v) is 18.3. The van der Waals surface area contributed by atoms with Crippen molar-refractivity contribution >= 4 is 59.5 Å². The maximum absolute atomic E-state index is 15.2. The Kier molecular flexibility index (Phi) is 14.1. The number of carbonyl (C=O) groups is 2. The first-order valence-electron chi connectivity index (χ1n) is 23.2. The molecule has 2 amide bonds. The molecule has 0 spiro atoms. The Bertz CT molecular complexity index is 2580. The summed E-state index contributed by atoms with van der Waals surface area (Å²) in [4.78, 5) is 30.4. The zero-order valence-corrected chi connectivity index (χ0v) is 39.8. The van der Waals surface area contributed by atoms with Crippen LogP contribution < -0.4 is 51.9 Å². The van der Waals surface area contributed by atoms with E-state index >= 15 is 9.59 Å². The van der Waals surface area contributed by atoms with Crippen LogP contribution in [-0.4, -0.2) is 63.5 Å². The summed E-state index contributed by atoms with van der Waals surface area (Å²) >= 11 is 0. The van der Waals surface area contributed by atoms with E-state index in [9.17, 15) is 0 Å². The smallest absolute Gasteiger partial charge is 0.252 e. The van der Waals surface area contributed by atoms with Crippen molar-refractivity contribution in [2.45, 2.75) is 43.4 Å². The van der Waals surface area contributed by atoms with Crippen LogP contribution in [0.2, 0.25) is 0 Å². The second-order valence-electron chi connectivity index (χ2n) is 17.2. The van der Waals surface area contributed by atoms with Crippen LogP contribution in [0.1, 0.15) is 45.4 Å². The van der Waals surface area contributed by atoms with Crippen molar-refractivity contribution in [1.29, 1.82) is 0 Å². The summed E-state index contributed by atoms with van der Waals surface area (Å²) in [6.07, 6.45) is 0.140. The quantitative estimate of drug-likeness (QED) is 0.0759. The number of fused-ring (bicyclic) bond motifs is 2. The fourth-order valence-electron chi connectivity index (χ4n) is 10.3. The van der Waals surface area contributed by atoms with Crippen molar-refractivity contribution in [1.82, 2.24) is 10.6 Å². The van der Waals surface area contributed by atoms with Gasteiger partial charge in [-0.25, -0.2) is 0 Å². The standard InChI is InChI=1S/C57H54N2O7P2/c1-62-35-36-64-38-31-32-43(48(37-38)63-2)57-65-53-46-33-34-47(54(53)66-57)52(59-56(61)45-28-16-18-30-50(45)68(41-23-11-5-12-24-41)42-25-13-6-14-26-42)51(46)58-55(60)44-27-15-17-29-49(44)67(39-19-7-3-8-20-39)40-21-9-4-10-22-40/h3-32,37,46-47,51-54,57H,33-36H2,1-2H3,(H,58,60)(H,59,61)/t46-,47+,51-,52-,53-,54+,57?/m1/s1. The van der Waals surface area contributed by atoms with Gasteiger partial charge in [0, 0.05) is 36.1 Å². The van der Waals surface area contributed by atoms with Crippen LogP contribution in [0.3, 0.4) is 0 Å². The number of methoxy groups -OCH3 is 2. The van der Waals surface area contributed by atoms with Gasteiger partial charge in [0.05, 0.1) is 43.6 Å². The number of carbonyl (C=O) groups excluding carboxylic acids is 2. The van der Waals surface area contributed by atoms with Gasteiger partial charge in [-0.05, 0) is 84.8 Å². The summed E-state index contributed by atoms with van der Waals surface area (Å²) in [7, 11) is 1.09. The van der Waals surface area contributed by atoms with Gasteiger partial charge in [0.1, 0.15) is 18.1 Å². The number of nitrogens with one attached hydrogen (secondary N) is 2. The second kappa shape index (κ2) is 21.0. The molecule has 1 saturated heterocycles. The number of hydrogen-bond donors (Lipinski definition) is 2. The Hall–Kier alpha value is -6.18. The average Bonchev–Trinajstić information content (AvgIpc) is 3.86. The summed E-state index contributed by atoms with van der Waals surface area (Å²) < 4.78 is 30.8. The molecule has 344 valence electrons. The zero-order valence-electron chi connectivity index (χ0n) is 38.0. The first-order chi connectivity index (χ1) is 33.5. The molecule has 7 atom stereocenters. The van der Waals surface area contributed by atoms with Gasteiger partial charge in [0.25, 0.3) is 11.8 Å². The van der Waals surface area contributed by atoms with Crippen LogP contribution in [0.4, 0.5) is 0 Å². The van der Waals surface area contributed by atoms with E-state index in [1.165, 1.54) is 0 Å². The van der Waals surface area contributed by atoms with E-state index in [4.69, 9.17) is 23.7 Å². The van der Waals surface area contributed by atoms with Crippen LogP contribution >= 0.6 is 15.8 Å². The van der Waals surface area contributed by atoms with Gasteiger partial charge in [-0.15, -0.1) is 0 Å². The molecule has 11 rings (SSSR count). The van der Waals surface area contributed by atoms with E-state index in [0.29, 0.717) is 35.8 Å². The minimum absolute atomic E-state index is 0.176. The lowest BCUT2D eigenvalue weighted by Gasteiger charge is -2.53. The Morgan fingerprint density at radius 2 is 0.941 bits per heavy atom. The van der Waals surface area contributed by atoms with Crippen molar-refractivity contribution in [2.75, 3.05) is 27.4 Å². The Balaban J connectivity index is 1.01. The molecule has 7 aromatic carbocycles. The third-order valence-electron chi connectivity index (χ3n) is 13.3. The minimum atomic E-state index is -1.09. The topological polar surface area (TPSA) is 104 Å². The fraction of sp³-hybridized carbons (Fsp3) is 0.228. The molecule has 1 heterocycles. The van der Waals surface area contributed by atoms with Gasteiger partial charge >= 0.3 is 0 Å². The lowest BCUT2D eigenvalue weighted by molar-refractivity contribution is -0.0742. The largest absolute Gasteiger partial charge is 0.496 e. The maximum Gasteiger partial charge on any atom is 0.252 e. The molecule has 68 heavy (non-hydrogen) atoms. The molecule has 0 aromatic heterocycles. The zero-order chi connectivity index (χ0) is 46.4. The predicted molar refractivity (Wildman–Crippen MR) is 272 cm³/mol. The van der Waals surface area contributed by atoms with Gasteiger partial charge in [-0.2, -0.15) is 0 Å². The van der Waals surface area contributed by atoms with Gasteiger partial charge in [-0.3, -0.25) is 9.59 Å². The number of amides is 2. The van der Waals surface area contributed by atoms with Crippen molar-refractivity contribution in [2.24, 2.45) is 11.8 Å².